The van der Waals surface area contributed by atoms with E-state index < -0.39 is 20.0 Å². The van der Waals surface area contributed by atoms with Crippen molar-refractivity contribution in [2.75, 3.05) is 80.7 Å². The van der Waals surface area contributed by atoms with E-state index in [1.54, 1.807) is 45.0 Å². The van der Waals surface area contributed by atoms with Gasteiger partial charge in [0.2, 0.25) is 20.0 Å². The Kier molecular flexibility index (Phi) is 12.1. The molecule has 0 amide bonds. The van der Waals surface area contributed by atoms with Gasteiger partial charge in [-0.05, 0) is 89.0 Å². The van der Waals surface area contributed by atoms with Crippen LogP contribution in [-0.4, -0.2) is 127 Å². The fraction of sp³-hybridized carbons (Fsp3) is 0.611. The molecule has 4 atom stereocenters. The van der Waals surface area contributed by atoms with Gasteiger partial charge in [0, 0.05) is 61.5 Å². The summed E-state index contributed by atoms with van der Waals surface area (Å²) in [6.07, 6.45) is 1.95. The summed E-state index contributed by atoms with van der Waals surface area (Å²) < 4.78 is 59.6. The lowest BCUT2D eigenvalue weighted by Gasteiger charge is -2.34. The molecule has 50 heavy (non-hydrogen) atoms. The number of benzene rings is 2. The minimum atomic E-state index is -3.85. The van der Waals surface area contributed by atoms with Crippen molar-refractivity contribution in [1.82, 2.24) is 18.4 Å². The predicted molar refractivity (Wildman–Crippen MR) is 197 cm³/mol. The van der Waals surface area contributed by atoms with E-state index >= 15 is 0 Å². The predicted octanol–water partition coefficient (Wildman–Crippen LogP) is 3.99. The van der Waals surface area contributed by atoms with E-state index in [2.05, 4.69) is 38.0 Å². The zero-order valence-corrected chi connectivity index (χ0v) is 32.4. The Labute approximate surface area is 299 Å². The Balaban J connectivity index is 1.66. The maximum Gasteiger partial charge on any atom is 0.243 e. The Morgan fingerprint density at radius 2 is 0.940 bits per heavy atom. The van der Waals surface area contributed by atoms with Crippen LogP contribution in [0.25, 0.3) is 0 Å². The second kappa shape index (κ2) is 15.8. The van der Waals surface area contributed by atoms with Gasteiger partial charge in [0.05, 0.1) is 9.79 Å². The monoisotopic (exact) mass is 730 g/mol. The summed E-state index contributed by atoms with van der Waals surface area (Å²) in [5.74, 6) is 0.961. The molecule has 2 heterocycles. The number of oxime groups is 2. The normalized spacial score (nSPS) is 23.5. The maximum atomic E-state index is 14.1. The molecule has 0 radical (unpaired) electrons. The number of fused-ring (bicyclic) bond motifs is 2. The van der Waals surface area contributed by atoms with Crippen molar-refractivity contribution in [3.63, 3.8) is 0 Å². The molecule has 0 bridgehead atoms. The van der Waals surface area contributed by atoms with Crippen LogP contribution in [0, 0.1) is 23.7 Å². The average Bonchev–Trinajstić information content (AvgIpc) is 3.03. The minimum Gasteiger partial charge on any atom is -0.394 e. The van der Waals surface area contributed by atoms with E-state index in [4.69, 9.17) is 9.68 Å². The van der Waals surface area contributed by atoms with E-state index in [1.807, 2.05) is 38.0 Å². The zero-order valence-electron chi connectivity index (χ0n) is 30.8. The smallest absolute Gasteiger partial charge is 0.243 e. The van der Waals surface area contributed by atoms with Crippen LogP contribution < -0.4 is 0 Å². The van der Waals surface area contributed by atoms with Crippen molar-refractivity contribution in [3.05, 3.63) is 58.7 Å². The molecule has 14 heteroatoms. The second-order valence-electron chi connectivity index (χ2n) is 15.1. The third-order valence-electron chi connectivity index (χ3n) is 9.52. The molecule has 2 saturated heterocycles. The highest BCUT2D eigenvalue weighted by Gasteiger charge is 2.37. The molecule has 5 rings (SSSR count). The minimum absolute atomic E-state index is 0.134. The van der Waals surface area contributed by atoms with Crippen LogP contribution in [0.15, 0.2) is 56.5 Å². The Morgan fingerprint density at radius 3 is 1.28 bits per heavy atom. The van der Waals surface area contributed by atoms with E-state index in [1.165, 1.54) is 0 Å². The fourth-order valence-corrected chi connectivity index (χ4v) is 10.6. The lowest BCUT2D eigenvalue weighted by atomic mass is 9.83. The van der Waals surface area contributed by atoms with Gasteiger partial charge in [0.1, 0.15) is 24.6 Å². The van der Waals surface area contributed by atoms with Crippen LogP contribution >= 0.6 is 0 Å². The maximum absolute atomic E-state index is 14.1. The van der Waals surface area contributed by atoms with E-state index in [9.17, 15) is 16.8 Å². The molecular weight excluding hydrogens is 677 g/mol. The molecule has 0 aromatic heterocycles. The number of nitrogens with zero attached hydrogens (tertiary/aromatic N) is 6. The van der Waals surface area contributed by atoms with Gasteiger partial charge >= 0.3 is 0 Å². The van der Waals surface area contributed by atoms with Crippen LogP contribution in [0.4, 0.5) is 0 Å². The van der Waals surface area contributed by atoms with E-state index in [0.29, 0.717) is 79.6 Å². The molecule has 2 aromatic rings. The van der Waals surface area contributed by atoms with Gasteiger partial charge in [-0.25, -0.2) is 16.8 Å². The largest absolute Gasteiger partial charge is 0.394 e. The molecule has 2 aliphatic heterocycles. The summed E-state index contributed by atoms with van der Waals surface area (Å²) in [6.45, 7) is 11.9. The van der Waals surface area contributed by atoms with Crippen molar-refractivity contribution < 1.29 is 26.5 Å². The molecule has 4 unspecified atom stereocenters. The molecule has 3 aliphatic rings. The first-order valence-corrected chi connectivity index (χ1v) is 20.4. The zero-order chi connectivity index (χ0) is 36.4. The Bertz CT molecular complexity index is 1680. The van der Waals surface area contributed by atoms with Crippen molar-refractivity contribution >= 4 is 31.5 Å². The summed E-state index contributed by atoms with van der Waals surface area (Å²) in [5.41, 5.74) is 3.00. The highest BCUT2D eigenvalue weighted by molar-refractivity contribution is 7.89. The molecule has 2 aromatic carbocycles. The summed E-state index contributed by atoms with van der Waals surface area (Å²) in [7, 11) is 0.0436. The van der Waals surface area contributed by atoms with Gasteiger partial charge in [-0.2, -0.15) is 8.61 Å². The first kappa shape index (κ1) is 38.4. The quantitative estimate of drug-likeness (QED) is 0.203. The van der Waals surface area contributed by atoms with Crippen molar-refractivity contribution in [1.29, 1.82) is 0 Å². The highest BCUT2D eigenvalue weighted by atomic mass is 32.2. The van der Waals surface area contributed by atoms with Gasteiger partial charge in [-0.3, -0.25) is 0 Å². The van der Waals surface area contributed by atoms with Crippen molar-refractivity contribution in [2.45, 2.75) is 50.3 Å². The average molecular weight is 731 g/mol. The summed E-state index contributed by atoms with van der Waals surface area (Å²) in [5, 5.41) is 9.15. The van der Waals surface area contributed by atoms with Crippen molar-refractivity contribution in [2.24, 2.45) is 34.0 Å². The number of rotatable bonds is 12. The molecule has 2 fully saturated rings. The van der Waals surface area contributed by atoms with Gasteiger partial charge in [0.15, 0.2) is 0 Å². The standard InChI is InChI=1S/C36H54N6O6S2/c1-25-17-26(2)22-41(21-25)49(43,44)29-9-11-31-33(19-29)36(38-48-16-14-40(7)8)34-20-30(50(45,46)42-23-27(3)18-28(4)24-42)10-12-32(34)35(31)37-47-15-13-39(5)6/h9-12,19-20,25-28H,13-18,21-24H2,1-8H3. The third kappa shape index (κ3) is 8.59. The summed E-state index contributed by atoms with van der Waals surface area (Å²) >= 11 is 0. The van der Waals surface area contributed by atoms with Crippen LogP contribution in [0.5, 0.6) is 0 Å². The molecule has 1 aliphatic carbocycles. The van der Waals surface area contributed by atoms with E-state index in [-0.39, 0.29) is 40.1 Å². The van der Waals surface area contributed by atoms with Gasteiger partial charge < -0.3 is 19.5 Å². The number of hydrogen-bond acceptors (Lipinski definition) is 10. The second-order valence-corrected chi connectivity index (χ2v) is 19.0. The highest BCUT2D eigenvalue weighted by Crippen LogP contribution is 2.35. The summed E-state index contributed by atoms with van der Waals surface area (Å²) in [4.78, 5) is 15.9. The topological polar surface area (TPSA) is 124 Å². The SMILES string of the molecule is CC1CC(C)CN(S(=O)(=O)c2ccc3c(c2)C(=NOCCN(C)C)c2cc(S(=O)(=O)N4CC(C)CC(C)C4)ccc2C3=NOCCN(C)C)C1. The first-order chi connectivity index (χ1) is 23.6. The molecule has 0 saturated carbocycles. The van der Waals surface area contributed by atoms with Crippen LogP contribution in [0.2, 0.25) is 0 Å². The third-order valence-corrected chi connectivity index (χ3v) is 13.2. The van der Waals surface area contributed by atoms with E-state index in [0.717, 1.165) is 12.8 Å². The lowest BCUT2D eigenvalue weighted by molar-refractivity contribution is 0.125. The molecule has 276 valence electrons. The number of sulfonamides is 2. The number of likely N-dealkylation sites (N-methyl/N-ethyl adjacent to an activating group) is 2. The number of hydrogen-bond donors (Lipinski definition) is 0. The number of piperidine rings is 2. The van der Waals surface area contributed by atoms with Gasteiger partial charge in [0.25, 0.3) is 0 Å². The fourth-order valence-electron chi connectivity index (χ4n) is 7.23. The van der Waals surface area contributed by atoms with Crippen LogP contribution in [-0.2, 0) is 29.7 Å². The molecule has 12 nitrogen and oxygen atoms in total. The Morgan fingerprint density at radius 1 is 0.600 bits per heavy atom. The van der Waals surface area contributed by atoms with Gasteiger partial charge in [-0.1, -0.05) is 50.1 Å². The van der Waals surface area contributed by atoms with Crippen LogP contribution in [0.1, 0.15) is 62.8 Å². The molecular formula is C36H54N6O6S2. The Hall–Kier alpha value is -2.88. The molecule has 0 spiro atoms. The summed E-state index contributed by atoms with van der Waals surface area (Å²) in [6, 6.07) is 9.95. The van der Waals surface area contributed by atoms with Crippen LogP contribution in [0.3, 0.4) is 0 Å². The van der Waals surface area contributed by atoms with Crippen molar-refractivity contribution in [3.8, 4) is 0 Å². The molecule has 0 N–H and O–H groups in total. The van der Waals surface area contributed by atoms with Gasteiger partial charge in [-0.15, -0.1) is 0 Å². The lowest BCUT2D eigenvalue weighted by Crippen LogP contribution is -2.42. The first-order valence-electron chi connectivity index (χ1n) is 17.6.